The number of amides is 2. The number of H-pyrrole nitrogens is 2. The maximum atomic E-state index is 13.4. The van der Waals surface area contributed by atoms with Gasteiger partial charge in [0.15, 0.2) is 0 Å². The molecule has 0 bridgehead atoms. The molecule has 2 aliphatic carbocycles. The Hall–Kier alpha value is -7.73. The summed E-state index contributed by atoms with van der Waals surface area (Å²) in [5, 5.41) is 32.4. The number of hydrogen-bond acceptors (Lipinski definition) is 8. The zero-order chi connectivity index (χ0) is 49.7. The van der Waals surface area contributed by atoms with Crippen molar-refractivity contribution in [3.63, 3.8) is 0 Å². The van der Waals surface area contributed by atoms with Crippen molar-refractivity contribution in [3.05, 3.63) is 216 Å². The Morgan fingerprint density at radius 2 is 1.15 bits per heavy atom. The Labute approximate surface area is 435 Å². The minimum atomic E-state index is -0.273. The highest BCUT2D eigenvalue weighted by Crippen LogP contribution is 2.51. The van der Waals surface area contributed by atoms with E-state index >= 15 is 0 Å². The van der Waals surface area contributed by atoms with Gasteiger partial charge in [0.25, 0.3) is 22.9 Å². The number of anilines is 2. The summed E-state index contributed by atoms with van der Waals surface area (Å²) < 4.78 is 4.61. The number of fused-ring (bicyclic) bond motifs is 2. The van der Waals surface area contributed by atoms with Crippen molar-refractivity contribution in [3.8, 4) is 28.2 Å². The van der Waals surface area contributed by atoms with Crippen LogP contribution in [0.3, 0.4) is 0 Å². The maximum absolute atomic E-state index is 13.4. The second kappa shape index (κ2) is 21.3. The Morgan fingerprint density at radius 1 is 0.625 bits per heavy atom. The molecule has 2 fully saturated rings. The summed E-state index contributed by atoms with van der Waals surface area (Å²) in [5.74, 6) is 0.648. The number of aromatic amines is 2. The SMILES string of the molecule is Clc1ccc(I)cc1.O=C(Nc1ccc(-c2n[nH]c(=O)c3ccccc23)cc1)c1cnn(-c2ccc(Cl)cc2)c1.O=C(Nc1ccc(-c2nn(C(C3CC3)C3CC3)c(=O)c3ccccc23)cc1)c1cn[nH]c1. The molecule has 6 aromatic carbocycles. The molecule has 0 unspecified atom stereocenters. The smallest absolute Gasteiger partial charge is 0.274 e. The molecule has 0 atom stereocenters. The van der Waals surface area contributed by atoms with Crippen LogP contribution in [0.25, 0.3) is 49.7 Å². The lowest BCUT2D eigenvalue weighted by Gasteiger charge is -2.20. The van der Waals surface area contributed by atoms with Gasteiger partial charge in [-0.1, -0.05) is 83.9 Å². The number of hydrogen-bond donors (Lipinski definition) is 4. The predicted molar refractivity (Wildman–Crippen MR) is 291 cm³/mol. The molecule has 17 heteroatoms. The van der Waals surface area contributed by atoms with Gasteiger partial charge in [-0.2, -0.15) is 20.4 Å². The maximum Gasteiger partial charge on any atom is 0.274 e. The molecule has 14 nitrogen and oxygen atoms in total. The second-order valence-corrected chi connectivity index (χ2v) is 19.5. The molecule has 358 valence electrons. The van der Waals surface area contributed by atoms with Gasteiger partial charge in [0.05, 0.1) is 57.4 Å². The molecule has 72 heavy (non-hydrogen) atoms. The topological polar surface area (TPSA) is 185 Å². The van der Waals surface area contributed by atoms with Crippen molar-refractivity contribution in [2.24, 2.45) is 11.8 Å². The molecule has 0 saturated heterocycles. The van der Waals surface area contributed by atoms with E-state index < -0.39 is 0 Å². The van der Waals surface area contributed by atoms with Gasteiger partial charge in [-0.25, -0.2) is 14.5 Å². The fraction of sp³-hybridized carbons (Fsp3) is 0.127. The number of carbonyl (C=O) groups is 2. The molecule has 4 aromatic heterocycles. The van der Waals surface area contributed by atoms with Gasteiger partial charge in [0, 0.05) is 59.3 Å². The van der Waals surface area contributed by atoms with Gasteiger partial charge >= 0.3 is 0 Å². The van der Waals surface area contributed by atoms with Crippen LogP contribution in [0.15, 0.2) is 180 Å². The third-order valence-corrected chi connectivity index (χ3v) is 13.6. The van der Waals surface area contributed by atoms with Crippen molar-refractivity contribution in [2.75, 3.05) is 10.6 Å². The van der Waals surface area contributed by atoms with Crippen LogP contribution in [0.5, 0.6) is 0 Å². The summed E-state index contributed by atoms with van der Waals surface area (Å²) in [6.45, 7) is 0. The fourth-order valence-electron chi connectivity index (χ4n) is 8.43. The summed E-state index contributed by atoms with van der Waals surface area (Å²) in [7, 11) is 0. The first-order valence-corrected chi connectivity index (χ1v) is 24.9. The van der Waals surface area contributed by atoms with Crippen LogP contribution in [-0.2, 0) is 0 Å². The van der Waals surface area contributed by atoms with Crippen LogP contribution in [0.4, 0.5) is 11.4 Å². The highest BCUT2D eigenvalue weighted by Gasteiger charge is 2.44. The minimum absolute atomic E-state index is 0.0112. The van der Waals surface area contributed by atoms with Gasteiger partial charge < -0.3 is 10.6 Å². The number of aromatic nitrogens is 8. The quantitative estimate of drug-likeness (QED) is 0.0975. The number of nitrogens with zero attached hydrogens (tertiary/aromatic N) is 6. The van der Waals surface area contributed by atoms with Crippen molar-refractivity contribution in [1.82, 2.24) is 40.0 Å². The number of benzene rings is 6. The summed E-state index contributed by atoms with van der Waals surface area (Å²) in [6, 6.07) is 45.0. The average molecular weight is 1110 g/mol. The molecule has 0 radical (unpaired) electrons. The van der Waals surface area contributed by atoms with Gasteiger partial charge in [-0.15, -0.1) is 0 Å². The van der Waals surface area contributed by atoms with Crippen molar-refractivity contribution in [1.29, 1.82) is 0 Å². The largest absolute Gasteiger partial charge is 0.322 e. The van der Waals surface area contributed by atoms with Crippen LogP contribution in [0.1, 0.15) is 52.4 Å². The Balaban J connectivity index is 0.000000144. The van der Waals surface area contributed by atoms with Crippen LogP contribution < -0.4 is 21.8 Å². The van der Waals surface area contributed by atoms with Crippen LogP contribution in [-0.4, -0.2) is 51.8 Å². The second-order valence-electron chi connectivity index (χ2n) is 17.4. The van der Waals surface area contributed by atoms with Crippen LogP contribution in [0, 0.1) is 15.4 Å². The summed E-state index contributed by atoms with van der Waals surface area (Å²) in [5.41, 5.74) is 6.02. The first kappa shape index (κ1) is 47.9. The lowest BCUT2D eigenvalue weighted by Crippen LogP contribution is -2.30. The fourth-order valence-corrected chi connectivity index (χ4v) is 9.04. The number of rotatable bonds is 10. The molecule has 0 spiro atoms. The molecule has 10 aromatic rings. The monoisotopic (exact) mass is 1100 g/mol. The van der Waals surface area contributed by atoms with E-state index in [1.54, 1.807) is 52.1 Å². The average Bonchev–Trinajstić information content (AvgIpc) is 4.32. The molecule has 4 heterocycles. The zero-order valence-corrected chi connectivity index (χ0v) is 41.8. The number of nitrogens with one attached hydrogen (secondary N) is 4. The van der Waals surface area contributed by atoms with E-state index in [1.807, 2.05) is 115 Å². The first-order chi connectivity index (χ1) is 35.1. The van der Waals surface area contributed by atoms with Gasteiger partial charge in [0.2, 0.25) is 0 Å². The van der Waals surface area contributed by atoms with E-state index in [9.17, 15) is 19.2 Å². The highest BCUT2D eigenvalue weighted by molar-refractivity contribution is 14.1. The van der Waals surface area contributed by atoms with Gasteiger partial charge in [-0.05, 0) is 145 Å². The lowest BCUT2D eigenvalue weighted by atomic mass is 10.0. The van der Waals surface area contributed by atoms with Gasteiger partial charge in [-0.3, -0.25) is 24.3 Å². The van der Waals surface area contributed by atoms with Crippen molar-refractivity contribution in [2.45, 2.75) is 31.7 Å². The minimum Gasteiger partial charge on any atom is -0.322 e. The molecule has 0 aliphatic heterocycles. The molecule has 2 aliphatic rings. The van der Waals surface area contributed by atoms with Gasteiger partial charge in [0.1, 0.15) is 0 Å². The molecule has 4 N–H and O–H groups in total. The molecule has 2 saturated carbocycles. The summed E-state index contributed by atoms with van der Waals surface area (Å²) in [4.78, 5) is 50.3. The molecular weight excluding hydrogens is 1060 g/mol. The van der Waals surface area contributed by atoms with E-state index in [4.69, 9.17) is 28.3 Å². The van der Waals surface area contributed by atoms with Crippen molar-refractivity contribution < 1.29 is 9.59 Å². The molecule has 2 amide bonds. The van der Waals surface area contributed by atoms with Crippen molar-refractivity contribution >= 4 is 90.5 Å². The highest BCUT2D eigenvalue weighted by atomic mass is 127. The third-order valence-electron chi connectivity index (χ3n) is 12.3. The summed E-state index contributed by atoms with van der Waals surface area (Å²) in [6.07, 6.45) is 10.9. The zero-order valence-electron chi connectivity index (χ0n) is 38.2. The van der Waals surface area contributed by atoms with E-state index in [0.29, 0.717) is 55.8 Å². The van der Waals surface area contributed by atoms with E-state index in [1.165, 1.54) is 41.6 Å². The normalized spacial score (nSPS) is 12.9. The molecule has 12 rings (SSSR count). The van der Waals surface area contributed by atoms with E-state index in [2.05, 4.69) is 58.7 Å². The predicted octanol–water partition coefficient (Wildman–Crippen LogP) is 12.0. The summed E-state index contributed by atoms with van der Waals surface area (Å²) >= 11 is 13.8. The standard InChI is InChI=1S/C25H23N5O2.C24H16ClN5O2.C6H4ClI/c31-24(18-13-26-27-14-18)28-19-11-9-15(10-12-19)22-20-3-1-2-4-21(20)25(32)30(29-22)23(16-5-6-16)17-7-8-17;25-17-7-11-19(12-8-17)30-14-16(13-26-30)23(31)27-18-9-5-15(6-10-18)22-20-3-1-2-4-21(20)24(32)29-28-22;7-5-1-3-6(8)4-2-5/h1-4,9-14,16-17,23H,5-8H2,(H,26,27)(H,28,31);1-14H,(H,27,31)(H,29,32);1-4H. The van der Waals surface area contributed by atoms with E-state index in [-0.39, 0.29) is 29.0 Å². The molecular formula is C55H43Cl2IN10O4. The van der Waals surface area contributed by atoms with Crippen LogP contribution in [0.2, 0.25) is 10.0 Å². The lowest BCUT2D eigenvalue weighted by molar-refractivity contribution is 0.101. The number of halogens is 3. The Bertz CT molecular complexity index is 3640. The van der Waals surface area contributed by atoms with E-state index in [0.717, 1.165) is 38.3 Å². The Morgan fingerprint density at radius 3 is 1.71 bits per heavy atom. The number of carbonyl (C=O) groups excluding carboxylic acids is 2. The third kappa shape index (κ3) is 11.1. The first-order valence-electron chi connectivity index (χ1n) is 23.1. The Kier molecular flexibility index (Phi) is 14.2. The van der Waals surface area contributed by atoms with Crippen LogP contribution >= 0.6 is 45.8 Å².